The van der Waals surface area contributed by atoms with Crippen LogP contribution in [-0.4, -0.2) is 11.9 Å². The van der Waals surface area contributed by atoms with E-state index in [-0.39, 0.29) is 11.9 Å². The third kappa shape index (κ3) is 3.98. The van der Waals surface area contributed by atoms with Crippen LogP contribution in [0.15, 0.2) is 30.8 Å². The zero-order valence-electron chi connectivity index (χ0n) is 9.29. The standard InChI is InChI=1S/C13H17NO/c1-4-11-5-7-12(8-6-11)9-13(15)14-10(2)3/h4-8,10H,1,9H2,2-3H3,(H,14,15). The highest BCUT2D eigenvalue weighted by Gasteiger charge is 2.03. The van der Waals surface area contributed by atoms with Crippen LogP contribution in [0, 0.1) is 0 Å². The van der Waals surface area contributed by atoms with E-state index in [9.17, 15) is 4.79 Å². The predicted molar refractivity (Wildman–Crippen MR) is 63.5 cm³/mol. The molecule has 0 saturated heterocycles. The van der Waals surface area contributed by atoms with E-state index >= 15 is 0 Å². The Kier molecular flexibility index (Phi) is 4.10. The van der Waals surface area contributed by atoms with E-state index in [1.165, 1.54) is 0 Å². The maximum atomic E-state index is 11.4. The average Bonchev–Trinajstić information content (AvgIpc) is 2.17. The highest BCUT2D eigenvalue weighted by molar-refractivity contribution is 5.78. The van der Waals surface area contributed by atoms with E-state index in [1.807, 2.05) is 38.1 Å². The van der Waals surface area contributed by atoms with Crippen LogP contribution >= 0.6 is 0 Å². The first-order valence-electron chi connectivity index (χ1n) is 5.12. The minimum absolute atomic E-state index is 0.0661. The summed E-state index contributed by atoms with van der Waals surface area (Å²) in [5.41, 5.74) is 2.10. The molecule has 1 aromatic rings. The molecule has 0 bridgehead atoms. The quantitative estimate of drug-likeness (QED) is 0.800. The molecule has 2 nitrogen and oxygen atoms in total. The summed E-state index contributed by atoms with van der Waals surface area (Å²) in [7, 11) is 0. The molecule has 0 unspecified atom stereocenters. The molecule has 1 N–H and O–H groups in total. The topological polar surface area (TPSA) is 29.1 Å². The Morgan fingerprint density at radius 2 is 2.00 bits per heavy atom. The first-order valence-corrected chi connectivity index (χ1v) is 5.12. The van der Waals surface area contributed by atoms with E-state index < -0.39 is 0 Å². The first-order chi connectivity index (χ1) is 7.11. The molecular weight excluding hydrogens is 186 g/mol. The largest absolute Gasteiger partial charge is 0.354 e. The Balaban J connectivity index is 2.57. The monoisotopic (exact) mass is 203 g/mol. The van der Waals surface area contributed by atoms with Gasteiger partial charge in [0.05, 0.1) is 6.42 Å². The summed E-state index contributed by atoms with van der Waals surface area (Å²) in [5, 5.41) is 2.86. The Morgan fingerprint density at radius 1 is 1.40 bits per heavy atom. The molecule has 2 heteroatoms. The van der Waals surface area contributed by atoms with Gasteiger partial charge in [-0.2, -0.15) is 0 Å². The summed E-state index contributed by atoms with van der Waals surface area (Å²) in [6, 6.07) is 8.04. The van der Waals surface area contributed by atoms with Crippen LogP contribution in [0.2, 0.25) is 0 Å². The third-order valence-corrected chi connectivity index (χ3v) is 2.03. The fourth-order valence-corrected chi connectivity index (χ4v) is 1.33. The molecule has 0 aliphatic rings. The van der Waals surface area contributed by atoms with E-state index in [1.54, 1.807) is 6.08 Å². The van der Waals surface area contributed by atoms with Gasteiger partial charge in [0.1, 0.15) is 0 Å². The molecule has 0 spiro atoms. The summed E-state index contributed by atoms with van der Waals surface area (Å²) in [6.07, 6.45) is 2.23. The van der Waals surface area contributed by atoms with Crippen molar-refractivity contribution in [2.24, 2.45) is 0 Å². The Hall–Kier alpha value is -1.57. The smallest absolute Gasteiger partial charge is 0.224 e. The van der Waals surface area contributed by atoms with E-state index in [4.69, 9.17) is 0 Å². The van der Waals surface area contributed by atoms with E-state index in [0.29, 0.717) is 6.42 Å². The van der Waals surface area contributed by atoms with Gasteiger partial charge in [-0.15, -0.1) is 0 Å². The van der Waals surface area contributed by atoms with Crippen molar-refractivity contribution >= 4 is 12.0 Å². The van der Waals surface area contributed by atoms with Gasteiger partial charge in [0.2, 0.25) is 5.91 Å². The van der Waals surface area contributed by atoms with Gasteiger partial charge in [-0.3, -0.25) is 4.79 Å². The Labute approximate surface area is 91.0 Å². The molecule has 0 aliphatic heterocycles. The van der Waals surface area contributed by atoms with Gasteiger partial charge in [-0.05, 0) is 25.0 Å². The van der Waals surface area contributed by atoms with Crippen LogP contribution in [0.5, 0.6) is 0 Å². The van der Waals surface area contributed by atoms with Crippen LogP contribution in [0.1, 0.15) is 25.0 Å². The summed E-state index contributed by atoms with van der Waals surface area (Å²) in [5.74, 6) is 0.0661. The average molecular weight is 203 g/mol. The second kappa shape index (κ2) is 5.35. The molecule has 0 atom stereocenters. The van der Waals surface area contributed by atoms with E-state index in [2.05, 4.69) is 11.9 Å². The summed E-state index contributed by atoms with van der Waals surface area (Å²) < 4.78 is 0. The zero-order chi connectivity index (χ0) is 11.3. The number of benzene rings is 1. The maximum absolute atomic E-state index is 11.4. The number of carbonyl (C=O) groups is 1. The molecule has 0 aromatic heterocycles. The highest BCUT2D eigenvalue weighted by atomic mass is 16.1. The number of nitrogens with one attached hydrogen (secondary N) is 1. The van der Waals surface area contributed by atoms with Crippen molar-refractivity contribution in [3.05, 3.63) is 42.0 Å². The Morgan fingerprint density at radius 3 is 2.47 bits per heavy atom. The lowest BCUT2D eigenvalue weighted by Crippen LogP contribution is -2.31. The molecule has 0 aliphatic carbocycles. The third-order valence-electron chi connectivity index (χ3n) is 2.03. The molecule has 15 heavy (non-hydrogen) atoms. The number of carbonyl (C=O) groups excluding carboxylic acids is 1. The zero-order valence-corrected chi connectivity index (χ0v) is 9.29. The van der Waals surface area contributed by atoms with Crippen molar-refractivity contribution in [2.45, 2.75) is 26.3 Å². The summed E-state index contributed by atoms with van der Waals surface area (Å²) >= 11 is 0. The van der Waals surface area contributed by atoms with Gasteiger partial charge in [0.25, 0.3) is 0 Å². The lowest BCUT2D eigenvalue weighted by atomic mass is 10.1. The number of rotatable bonds is 4. The summed E-state index contributed by atoms with van der Waals surface area (Å²) in [4.78, 5) is 11.4. The SMILES string of the molecule is C=Cc1ccc(CC(=O)NC(C)C)cc1. The van der Waals surface area contributed by atoms with Gasteiger partial charge in [-0.1, -0.05) is 36.9 Å². The lowest BCUT2D eigenvalue weighted by Gasteiger charge is -2.08. The lowest BCUT2D eigenvalue weighted by molar-refractivity contribution is -0.120. The maximum Gasteiger partial charge on any atom is 0.224 e. The van der Waals surface area contributed by atoms with Crippen LogP contribution in [0.3, 0.4) is 0 Å². The fraction of sp³-hybridized carbons (Fsp3) is 0.308. The van der Waals surface area contributed by atoms with Crippen LogP contribution in [-0.2, 0) is 11.2 Å². The second-order valence-corrected chi connectivity index (χ2v) is 3.84. The molecule has 1 amide bonds. The molecule has 1 rings (SSSR count). The second-order valence-electron chi connectivity index (χ2n) is 3.84. The predicted octanol–water partition coefficient (Wildman–Crippen LogP) is 2.40. The molecule has 0 fully saturated rings. The van der Waals surface area contributed by atoms with Crippen molar-refractivity contribution in [1.29, 1.82) is 0 Å². The van der Waals surface area contributed by atoms with Gasteiger partial charge in [0, 0.05) is 6.04 Å². The summed E-state index contributed by atoms with van der Waals surface area (Å²) in [6.45, 7) is 7.60. The Bertz CT molecular complexity index is 338. The molecule has 0 radical (unpaired) electrons. The van der Waals surface area contributed by atoms with Gasteiger partial charge >= 0.3 is 0 Å². The fourth-order valence-electron chi connectivity index (χ4n) is 1.33. The van der Waals surface area contributed by atoms with Gasteiger partial charge in [0.15, 0.2) is 0 Å². The highest BCUT2D eigenvalue weighted by Crippen LogP contribution is 2.06. The number of amides is 1. The number of hydrogen-bond acceptors (Lipinski definition) is 1. The molecular formula is C13H17NO. The van der Waals surface area contributed by atoms with Crippen LogP contribution in [0.25, 0.3) is 6.08 Å². The minimum atomic E-state index is 0.0661. The van der Waals surface area contributed by atoms with Gasteiger partial charge in [-0.25, -0.2) is 0 Å². The molecule has 0 heterocycles. The van der Waals surface area contributed by atoms with Crippen molar-refractivity contribution in [3.8, 4) is 0 Å². The first kappa shape index (κ1) is 11.5. The normalized spacial score (nSPS) is 10.1. The van der Waals surface area contributed by atoms with Crippen molar-refractivity contribution < 1.29 is 4.79 Å². The van der Waals surface area contributed by atoms with Crippen molar-refractivity contribution in [1.82, 2.24) is 5.32 Å². The minimum Gasteiger partial charge on any atom is -0.354 e. The van der Waals surface area contributed by atoms with E-state index in [0.717, 1.165) is 11.1 Å². The number of hydrogen-bond donors (Lipinski definition) is 1. The molecule has 0 saturated carbocycles. The van der Waals surface area contributed by atoms with Crippen LogP contribution in [0.4, 0.5) is 0 Å². The molecule has 80 valence electrons. The van der Waals surface area contributed by atoms with Crippen molar-refractivity contribution in [3.63, 3.8) is 0 Å². The van der Waals surface area contributed by atoms with Gasteiger partial charge < -0.3 is 5.32 Å². The van der Waals surface area contributed by atoms with Crippen molar-refractivity contribution in [2.75, 3.05) is 0 Å². The molecule has 1 aromatic carbocycles. The van der Waals surface area contributed by atoms with Crippen LogP contribution < -0.4 is 5.32 Å².